The van der Waals surface area contributed by atoms with Gasteiger partial charge in [-0.1, -0.05) is 90.5 Å². The van der Waals surface area contributed by atoms with Crippen molar-refractivity contribution in [3.05, 3.63) is 108 Å². The molecule has 0 amide bonds. The average molecular weight is 362 g/mol. The first-order valence-electron chi connectivity index (χ1n) is 9.49. The summed E-state index contributed by atoms with van der Waals surface area (Å²) in [5.41, 5.74) is 5.66. The summed E-state index contributed by atoms with van der Waals surface area (Å²) in [4.78, 5) is 0. The van der Waals surface area contributed by atoms with Crippen LogP contribution >= 0.6 is 0 Å². The van der Waals surface area contributed by atoms with Gasteiger partial charge in [0, 0.05) is 0 Å². The number of aryl methyl sites for hydroxylation is 1. The minimum absolute atomic E-state index is 0.215. The van der Waals surface area contributed by atoms with Crippen molar-refractivity contribution in [1.29, 1.82) is 0 Å². The largest absolute Gasteiger partial charge is 0.207 e. The van der Waals surface area contributed by atoms with Gasteiger partial charge in [0.25, 0.3) is 0 Å². The number of hydrogen-bond donors (Lipinski definition) is 0. The molecule has 0 unspecified atom stereocenters. The molecule has 0 spiro atoms. The van der Waals surface area contributed by atoms with Crippen molar-refractivity contribution in [2.75, 3.05) is 0 Å². The second kappa shape index (κ2) is 6.61. The molecule has 5 aromatic rings. The molecule has 0 saturated carbocycles. The van der Waals surface area contributed by atoms with Gasteiger partial charge in [-0.15, -0.1) is 0 Å². The fraction of sp³-hybridized carbons (Fsp3) is 0.0370. The Morgan fingerprint density at radius 1 is 0.500 bits per heavy atom. The molecule has 5 rings (SSSR count). The molecule has 0 heterocycles. The maximum Gasteiger partial charge on any atom is 0.123 e. The summed E-state index contributed by atoms with van der Waals surface area (Å²) in [7, 11) is 0. The highest BCUT2D eigenvalue weighted by atomic mass is 19.1. The fourth-order valence-corrected chi connectivity index (χ4v) is 4.11. The highest BCUT2D eigenvalue weighted by molar-refractivity contribution is 6.21. The highest BCUT2D eigenvalue weighted by Crippen LogP contribution is 2.43. The Bertz CT molecular complexity index is 1260. The highest BCUT2D eigenvalue weighted by Gasteiger charge is 2.16. The maximum absolute atomic E-state index is 14.0. The molecule has 0 bridgehead atoms. The summed E-state index contributed by atoms with van der Waals surface area (Å²) in [6.07, 6.45) is 0. The molecule has 0 aliphatic rings. The smallest absolute Gasteiger partial charge is 0.123 e. The lowest BCUT2D eigenvalue weighted by molar-refractivity contribution is 0.628. The van der Waals surface area contributed by atoms with Crippen LogP contribution in [0.15, 0.2) is 97.1 Å². The second-order valence-electron chi connectivity index (χ2n) is 7.22. The number of fused-ring (bicyclic) bond motifs is 2. The lowest BCUT2D eigenvalue weighted by atomic mass is 9.86. The van der Waals surface area contributed by atoms with Crippen LogP contribution in [0.5, 0.6) is 0 Å². The van der Waals surface area contributed by atoms with E-state index in [9.17, 15) is 4.39 Å². The first-order chi connectivity index (χ1) is 13.7. The van der Waals surface area contributed by atoms with E-state index in [1.807, 2.05) is 6.07 Å². The Kier molecular flexibility index (Phi) is 3.95. The molecule has 0 aliphatic carbocycles. The predicted molar refractivity (Wildman–Crippen MR) is 117 cm³/mol. The number of rotatable bonds is 2. The van der Waals surface area contributed by atoms with Crippen molar-refractivity contribution >= 4 is 21.5 Å². The van der Waals surface area contributed by atoms with Crippen molar-refractivity contribution in [3.8, 4) is 22.3 Å². The van der Waals surface area contributed by atoms with Gasteiger partial charge in [-0.2, -0.15) is 0 Å². The van der Waals surface area contributed by atoms with Crippen molar-refractivity contribution in [2.45, 2.75) is 6.92 Å². The van der Waals surface area contributed by atoms with Gasteiger partial charge in [0.1, 0.15) is 5.82 Å². The van der Waals surface area contributed by atoms with Crippen molar-refractivity contribution in [3.63, 3.8) is 0 Å². The van der Waals surface area contributed by atoms with E-state index in [1.54, 1.807) is 12.1 Å². The molecule has 0 saturated heterocycles. The quantitative estimate of drug-likeness (QED) is 0.281. The molecule has 0 aromatic heterocycles. The summed E-state index contributed by atoms with van der Waals surface area (Å²) in [6.45, 7) is 2.10. The van der Waals surface area contributed by atoms with Crippen molar-refractivity contribution < 1.29 is 4.39 Å². The summed E-state index contributed by atoms with van der Waals surface area (Å²) in [5, 5.41) is 4.65. The van der Waals surface area contributed by atoms with E-state index in [4.69, 9.17) is 0 Å². The van der Waals surface area contributed by atoms with Crippen LogP contribution in [0.1, 0.15) is 5.56 Å². The lowest BCUT2D eigenvalue weighted by Gasteiger charge is -2.17. The van der Waals surface area contributed by atoms with Crippen molar-refractivity contribution in [1.82, 2.24) is 0 Å². The minimum Gasteiger partial charge on any atom is -0.207 e. The van der Waals surface area contributed by atoms with Gasteiger partial charge in [-0.3, -0.25) is 0 Å². The molecule has 134 valence electrons. The van der Waals surface area contributed by atoms with Crippen LogP contribution in [0.2, 0.25) is 0 Å². The number of halogens is 1. The standard InChI is InChI=1S/C27H19F/c1-18-13-15-19(16-14-18)26-22-9-2-4-11-24(22)27(20-7-6-8-21(28)17-20)25-12-5-3-10-23(25)26/h2-17H,1H3. The molecule has 0 N–H and O–H groups in total. The zero-order valence-electron chi connectivity index (χ0n) is 15.6. The third-order valence-corrected chi connectivity index (χ3v) is 5.39. The topological polar surface area (TPSA) is 0 Å². The van der Waals surface area contributed by atoms with E-state index >= 15 is 0 Å². The summed E-state index contributed by atoms with van der Waals surface area (Å²) >= 11 is 0. The van der Waals surface area contributed by atoms with Gasteiger partial charge >= 0.3 is 0 Å². The van der Waals surface area contributed by atoms with Crippen LogP contribution in [-0.2, 0) is 0 Å². The van der Waals surface area contributed by atoms with Gasteiger partial charge in [0.15, 0.2) is 0 Å². The Morgan fingerprint density at radius 2 is 1.00 bits per heavy atom. The van der Waals surface area contributed by atoms with Gasteiger partial charge in [0.2, 0.25) is 0 Å². The van der Waals surface area contributed by atoms with E-state index in [0.29, 0.717) is 0 Å². The fourth-order valence-electron chi connectivity index (χ4n) is 4.11. The molecule has 0 fully saturated rings. The van der Waals surface area contributed by atoms with Gasteiger partial charge in [-0.25, -0.2) is 4.39 Å². The van der Waals surface area contributed by atoms with Gasteiger partial charge < -0.3 is 0 Å². The predicted octanol–water partition coefficient (Wildman–Crippen LogP) is 7.77. The Balaban J connectivity index is 1.98. The third kappa shape index (κ3) is 2.68. The first-order valence-corrected chi connectivity index (χ1v) is 9.49. The zero-order chi connectivity index (χ0) is 19.1. The van der Waals surface area contributed by atoms with E-state index in [2.05, 4.69) is 79.7 Å². The van der Waals surface area contributed by atoms with Gasteiger partial charge in [0.05, 0.1) is 0 Å². The third-order valence-electron chi connectivity index (χ3n) is 5.39. The minimum atomic E-state index is -0.215. The van der Waals surface area contributed by atoms with Crippen LogP contribution in [0.3, 0.4) is 0 Å². The molecule has 1 heteroatoms. The molecular weight excluding hydrogens is 343 g/mol. The van der Waals surface area contributed by atoms with Crippen LogP contribution in [0.4, 0.5) is 4.39 Å². The first kappa shape index (κ1) is 16.7. The molecule has 0 radical (unpaired) electrons. The average Bonchev–Trinajstić information content (AvgIpc) is 2.73. The van der Waals surface area contributed by atoms with Gasteiger partial charge in [-0.05, 0) is 62.9 Å². The van der Waals surface area contributed by atoms with Crippen LogP contribution in [0.25, 0.3) is 43.8 Å². The molecule has 5 aromatic carbocycles. The molecule has 0 nitrogen and oxygen atoms in total. The molecule has 0 atom stereocenters. The summed E-state index contributed by atoms with van der Waals surface area (Å²) in [5.74, 6) is -0.215. The summed E-state index contributed by atoms with van der Waals surface area (Å²) < 4.78 is 14.0. The van der Waals surface area contributed by atoms with E-state index in [0.717, 1.165) is 21.9 Å². The molecule has 28 heavy (non-hydrogen) atoms. The molecular formula is C27H19F. The SMILES string of the molecule is Cc1ccc(-c2c3ccccc3c(-c3cccc(F)c3)c3ccccc23)cc1. The zero-order valence-corrected chi connectivity index (χ0v) is 15.6. The Hall–Kier alpha value is -3.45. The maximum atomic E-state index is 14.0. The monoisotopic (exact) mass is 362 g/mol. The van der Waals surface area contributed by atoms with Crippen LogP contribution in [0, 0.1) is 12.7 Å². The van der Waals surface area contributed by atoms with Crippen LogP contribution < -0.4 is 0 Å². The summed E-state index contributed by atoms with van der Waals surface area (Å²) in [6, 6.07) is 32.4. The van der Waals surface area contributed by atoms with E-state index < -0.39 is 0 Å². The lowest BCUT2D eigenvalue weighted by Crippen LogP contribution is -1.91. The van der Waals surface area contributed by atoms with Crippen LogP contribution in [-0.4, -0.2) is 0 Å². The Labute approximate surface area is 163 Å². The normalized spacial score (nSPS) is 11.2. The number of benzene rings is 5. The Morgan fingerprint density at radius 3 is 1.50 bits per heavy atom. The van der Waals surface area contributed by atoms with Crippen molar-refractivity contribution in [2.24, 2.45) is 0 Å². The van der Waals surface area contributed by atoms with E-state index in [1.165, 1.54) is 33.5 Å². The second-order valence-corrected chi connectivity index (χ2v) is 7.22. The number of hydrogen-bond acceptors (Lipinski definition) is 0. The van der Waals surface area contributed by atoms with E-state index in [-0.39, 0.29) is 5.82 Å². The molecule has 0 aliphatic heterocycles.